The number of hydrogen-bond donors (Lipinski definition) is 0. The SMILES string of the molecule is COc1ccc(-c2nnnn2[C@H]2CC(=O)[C@H]3OC[C@@H]2O3)cc1. The Labute approximate surface area is 126 Å². The second-order valence-corrected chi connectivity index (χ2v) is 5.25. The molecular formula is C14H14N4O4. The lowest BCUT2D eigenvalue weighted by atomic mass is 10.0. The van der Waals surface area contributed by atoms with Crippen molar-refractivity contribution in [2.45, 2.75) is 24.9 Å². The molecular weight excluding hydrogens is 288 g/mol. The molecule has 0 aliphatic carbocycles. The number of aromatic nitrogens is 4. The van der Waals surface area contributed by atoms with Gasteiger partial charge in [0, 0.05) is 12.0 Å². The number of ketones is 1. The summed E-state index contributed by atoms with van der Waals surface area (Å²) in [7, 11) is 1.61. The normalized spacial score (nSPS) is 27.1. The second kappa shape index (κ2) is 5.15. The lowest BCUT2D eigenvalue weighted by molar-refractivity contribution is -0.156. The van der Waals surface area contributed by atoms with Gasteiger partial charge in [0.1, 0.15) is 11.9 Å². The molecule has 1 aromatic heterocycles. The van der Waals surface area contributed by atoms with Crippen LogP contribution in [0.1, 0.15) is 12.5 Å². The number of ether oxygens (including phenoxy) is 3. The molecule has 0 radical (unpaired) electrons. The van der Waals surface area contributed by atoms with E-state index in [-0.39, 0.29) is 17.9 Å². The van der Waals surface area contributed by atoms with Gasteiger partial charge in [-0.05, 0) is 34.7 Å². The molecule has 4 rings (SSSR count). The highest BCUT2D eigenvalue weighted by Gasteiger charge is 2.45. The quantitative estimate of drug-likeness (QED) is 0.820. The third kappa shape index (κ3) is 2.08. The van der Waals surface area contributed by atoms with Crippen molar-refractivity contribution in [1.29, 1.82) is 0 Å². The zero-order valence-electron chi connectivity index (χ0n) is 11.9. The lowest BCUT2D eigenvalue weighted by Crippen LogP contribution is -2.37. The Balaban J connectivity index is 1.68. The van der Waals surface area contributed by atoms with Crippen molar-refractivity contribution in [2.75, 3.05) is 13.7 Å². The molecule has 8 nitrogen and oxygen atoms in total. The lowest BCUT2D eigenvalue weighted by Gasteiger charge is -2.26. The van der Waals surface area contributed by atoms with Crippen LogP contribution in [0.3, 0.4) is 0 Å². The molecule has 2 aliphatic rings. The van der Waals surface area contributed by atoms with Crippen molar-refractivity contribution in [1.82, 2.24) is 20.2 Å². The molecule has 0 spiro atoms. The average Bonchev–Trinajstić information content (AvgIpc) is 3.20. The fraction of sp³-hybridized carbons (Fsp3) is 0.429. The first-order valence-electron chi connectivity index (χ1n) is 6.98. The van der Waals surface area contributed by atoms with E-state index in [2.05, 4.69) is 15.5 Å². The van der Waals surface area contributed by atoms with Crippen LogP contribution < -0.4 is 4.74 Å². The van der Waals surface area contributed by atoms with Gasteiger partial charge < -0.3 is 14.2 Å². The third-order valence-corrected chi connectivity index (χ3v) is 3.97. The van der Waals surface area contributed by atoms with Crippen LogP contribution in [-0.2, 0) is 14.3 Å². The molecule has 2 aromatic rings. The number of benzene rings is 1. The van der Waals surface area contributed by atoms with Crippen molar-refractivity contribution in [3.63, 3.8) is 0 Å². The standard InChI is InChI=1S/C14H14N4O4/c1-20-9-4-2-8(3-5-9)13-15-16-17-18(13)10-6-11(19)14-21-7-12(10)22-14/h2-5,10,12,14H,6-7H2,1H3/t10-,12-,14-/m0/s1. The van der Waals surface area contributed by atoms with Crippen LogP contribution in [0, 0.1) is 0 Å². The number of nitrogens with zero attached hydrogens (tertiary/aromatic N) is 4. The molecule has 22 heavy (non-hydrogen) atoms. The average molecular weight is 302 g/mol. The molecule has 3 heterocycles. The van der Waals surface area contributed by atoms with E-state index in [0.717, 1.165) is 11.3 Å². The molecule has 2 bridgehead atoms. The van der Waals surface area contributed by atoms with Crippen LogP contribution in [-0.4, -0.2) is 52.1 Å². The maximum Gasteiger partial charge on any atom is 0.218 e. The fourth-order valence-corrected chi connectivity index (χ4v) is 2.82. The number of fused-ring (bicyclic) bond motifs is 2. The highest BCUT2D eigenvalue weighted by Crippen LogP contribution is 2.34. The summed E-state index contributed by atoms with van der Waals surface area (Å²) in [5.74, 6) is 1.27. The zero-order valence-corrected chi connectivity index (χ0v) is 11.9. The van der Waals surface area contributed by atoms with Gasteiger partial charge in [0.15, 0.2) is 11.6 Å². The van der Waals surface area contributed by atoms with Crippen LogP contribution in [0.5, 0.6) is 5.75 Å². The smallest absolute Gasteiger partial charge is 0.218 e. The van der Waals surface area contributed by atoms with Crippen LogP contribution in [0.4, 0.5) is 0 Å². The van der Waals surface area contributed by atoms with Crippen molar-refractivity contribution in [2.24, 2.45) is 0 Å². The van der Waals surface area contributed by atoms with Crippen LogP contribution in [0.25, 0.3) is 11.4 Å². The molecule has 8 heteroatoms. The van der Waals surface area contributed by atoms with Gasteiger partial charge in [0.25, 0.3) is 0 Å². The van der Waals surface area contributed by atoms with Crippen LogP contribution in [0.15, 0.2) is 24.3 Å². The number of rotatable bonds is 3. The van der Waals surface area contributed by atoms with Gasteiger partial charge in [-0.1, -0.05) is 0 Å². The number of hydrogen-bond acceptors (Lipinski definition) is 7. The summed E-state index contributed by atoms with van der Waals surface area (Å²) in [6.45, 7) is 0.378. The van der Waals surface area contributed by atoms with E-state index >= 15 is 0 Å². The van der Waals surface area contributed by atoms with E-state index in [1.165, 1.54) is 0 Å². The van der Waals surface area contributed by atoms with E-state index in [4.69, 9.17) is 14.2 Å². The molecule has 114 valence electrons. The van der Waals surface area contributed by atoms with E-state index in [9.17, 15) is 4.79 Å². The first-order chi connectivity index (χ1) is 10.8. The summed E-state index contributed by atoms with van der Waals surface area (Å²) in [5, 5.41) is 11.9. The number of carbonyl (C=O) groups is 1. The minimum absolute atomic E-state index is 0.0741. The highest BCUT2D eigenvalue weighted by atomic mass is 16.7. The minimum atomic E-state index is -0.720. The number of Topliss-reactive ketones (excluding diaryl/α,β-unsaturated/α-hetero) is 1. The minimum Gasteiger partial charge on any atom is -0.497 e. The molecule has 2 aliphatic heterocycles. The first kappa shape index (κ1) is 13.4. The van der Waals surface area contributed by atoms with Gasteiger partial charge in [0.2, 0.25) is 6.29 Å². The Kier molecular flexibility index (Phi) is 3.12. The fourth-order valence-electron chi connectivity index (χ4n) is 2.82. The molecule has 0 amide bonds. The largest absolute Gasteiger partial charge is 0.497 e. The Morgan fingerprint density at radius 1 is 1.32 bits per heavy atom. The van der Waals surface area contributed by atoms with Gasteiger partial charge in [0.05, 0.1) is 19.8 Å². The Morgan fingerprint density at radius 3 is 2.91 bits per heavy atom. The number of tetrazole rings is 1. The topological polar surface area (TPSA) is 88.4 Å². The van der Waals surface area contributed by atoms with Crippen molar-refractivity contribution in [3.05, 3.63) is 24.3 Å². The molecule has 2 saturated heterocycles. The Bertz CT molecular complexity index is 699. The predicted molar refractivity (Wildman–Crippen MR) is 73.1 cm³/mol. The summed E-state index contributed by atoms with van der Waals surface area (Å²) in [5.41, 5.74) is 0.847. The molecule has 3 atom stereocenters. The molecule has 2 fully saturated rings. The van der Waals surface area contributed by atoms with Gasteiger partial charge in [-0.2, -0.15) is 0 Å². The number of carbonyl (C=O) groups excluding carboxylic acids is 1. The van der Waals surface area contributed by atoms with Gasteiger partial charge in [-0.25, -0.2) is 4.68 Å². The summed E-state index contributed by atoms with van der Waals surface area (Å²) in [4.78, 5) is 11.9. The third-order valence-electron chi connectivity index (χ3n) is 3.97. The maximum absolute atomic E-state index is 11.9. The summed E-state index contributed by atoms with van der Waals surface area (Å²) >= 11 is 0. The van der Waals surface area contributed by atoms with Gasteiger partial charge >= 0.3 is 0 Å². The number of methoxy groups -OCH3 is 1. The predicted octanol–water partition coefficient (Wildman–Crippen LogP) is 0.604. The summed E-state index contributed by atoms with van der Waals surface area (Å²) in [6, 6.07) is 7.18. The van der Waals surface area contributed by atoms with Gasteiger partial charge in [-0.3, -0.25) is 4.79 Å². The van der Waals surface area contributed by atoms with Crippen molar-refractivity contribution < 1.29 is 19.0 Å². The molecule has 0 saturated carbocycles. The maximum atomic E-state index is 11.9. The van der Waals surface area contributed by atoms with E-state index in [1.54, 1.807) is 11.8 Å². The summed E-state index contributed by atoms with van der Waals surface area (Å²) in [6.07, 6.45) is -0.617. The van der Waals surface area contributed by atoms with Gasteiger partial charge in [-0.15, -0.1) is 5.10 Å². The monoisotopic (exact) mass is 302 g/mol. The van der Waals surface area contributed by atoms with Crippen LogP contribution >= 0.6 is 0 Å². The zero-order chi connectivity index (χ0) is 15.1. The molecule has 1 aromatic carbocycles. The second-order valence-electron chi connectivity index (χ2n) is 5.25. The molecule has 0 N–H and O–H groups in total. The Morgan fingerprint density at radius 2 is 2.14 bits per heavy atom. The Hall–Kier alpha value is -2.32. The van der Waals surface area contributed by atoms with E-state index < -0.39 is 6.29 Å². The first-order valence-corrected chi connectivity index (χ1v) is 6.98. The van der Waals surface area contributed by atoms with Crippen molar-refractivity contribution >= 4 is 5.78 Å². The highest BCUT2D eigenvalue weighted by molar-refractivity contribution is 5.83. The van der Waals surface area contributed by atoms with Crippen molar-refractivity contribution in [3.8, 4) is 17.1 Å². The van der Waals surface area contributed by atoms with E-state index in [1.807, 2.05) is 24.3 Å². The van der Waals surface area contributed by atoms with Crippen LogP contribution in [0.2, 0.25) is 0 Å². The molecule has 0 unspecified atom stereocenters. The summed E-state index contributed by atoms with van der Waals surface area (Å²) < 4.78 is 17.7. The van der Waals surface area contributed by atoms with E-state index in [0.29, 0.717) is 18.9 Å².